The van der Waals surface area contributed by atoms with Crippen molar-refractivity contribution in [1.82, 2.24) is 9.78 Å². The molecular weight excluding hydrogens is 416 g/mol. The highest BCUT2D eigenvalue weighted by molar-refractivity contribution is 6.06. The first-order chi connectivity index (χ1) is 15.3. The number of ether oxygens (including phenoxy) is 1. The van der Waals surface area contributed by atoms with Crippen LogP contribution in [0.15, 0.2) is 42.5 Å². The first kappa shape index (κ1) is 22.0. The molecule has 1 amide bonds. The molecule has 1 fully saturated rings. The van der Waals surface area contributed by atoms with Gasteiger partial charge in [0.2, 0.25) is 0 Å². The van der Waals surface area contributed by atoms with Gasteiger partial charge in [-0.15, -0.1) is 0 Å². The van der Waals surface area contributed by atoms with E-state index in [0.717, 1.165) is 37.8 Å². The number of nitrogens with one attached hydrogen (secondary N) is 1. The van der Waals surface area contributed by atoms with E-state index in [1.54, 1.807) is 38.1 Å². The van der Waals surface area contributed by atoms with Crippen molar-refractivity contribution < 1.29 is 23.4 Å². The maximum Gasteiger partial charge on any atom is 0.259 e. The Morgan fingerprint density at radius 3 is 2.53 bits per heavy atom. The van der Waals surface area contributed by atoms with E-state index in [9.17, 15) is 18.7 Å². The summed E-state index contributed by atoms with van der Waals surface area (Å²) < 4.78 is 34.6. The quantitative estimate of drug-likeness (QED) is 0.602. The van der Waals surface area contributed by atoms with Crippen LogP contribution in [0.4, 0.5) is 14.5 Å². The number of hydrogen-bond donors (Lipinski definition) is 2. The maximum absolute atomic E-state index is 14.2. The van der Waals surface area contributed by atoms with Crippen LogP contribution in [0.3, 0.4) is 0 Å². The molecule has 0 saturated heterocycles. The Morgan fingerprint density at radius 1 is 1.12 bits per heavy atom. The number of rotatable bonds is 5. The van der Waals surface area contributed by atoms with E-state index in [1.807, 2.05) is 0 Å². The number of carbonyl (C=O) groups is 1. The van der Waals surface area contributed by atoms with Crippen molar-refractivity contribution in [1.29, 1.82) is 0 Å². The smallest absolute Gasteiger partial charge is 0.259 e. The second-order valence-electron chi connectivity index (χ2n) is 8.04. The molecule has 0 radical (unpaired) electrons. The van der Waals surface area contributed by atoms with Crippen LogP contribution >= 0.6 is 0 Å². The van der Waals surface area contributed by atoms with Crippen LogP contribution in [-0.2, 0) is 0 Å². The van der Waals surface area contributed by atoms with E-state index >= 15 is 0 Å². The molecule has 1 heterocycles. The van der Waals surface area contributed by atoms with Crippen LogP contribution in [-0.4, -0.2) is 33.0 Å². The number of benzene rings is 2. The largest absolute Gasteiger partial charge is 0.488 e. The molecule has 6 nitrogen and oxygen atoms in total. The van der Waals surface area contributed by atoms with Crippen molar-refractivity contribution in [2.24, 2.45) is 0 Å². The van der Waals surface area contributed by atoms with E-state index in [2.05, 4.69) is 10.4 Å². The number of halogens is 2. The lowest BCUT2D eigenvalue weighted by molar-refractivity contribution is 0.00688. The number of aliphatic hydroxyl groups is 1. The summed E-state index contributed by atoms with van der Waals surface area (Å²) in [7, 11) is 0. The van der Waals surface area contributed by atoms with Crippen molar-refractivity contribution in [2.45, 2.75) is 51.7 Å². The highest BCUT2D eigenvalue weighted by Gasteiger charge is 2.25. The van der Waals surface area contributed by atoms with Crippen LogP contribution in [0, 0.1) is 25.5 Å². The predicted molar refractivity (Wildman–Crippen MR) is 116 cm³/mol. The average Bonchev–Trinajstić information content (AvgIpc) is 3.05. The Hall–Kier alpha value is -3.26. The number of carbonyl (C=O) groups excluding carboxylic acids is 1. The molecule has 4 rings (SSSR count). The SMILES string of the molecule is Cc1nn(-c2ccc(F)cc2F)c(C)c1C(=O)Nc1ccc(OC2CCCCC2O)cc1. The van der Waals surface area contributed by atoms with Crippen molar-refractivity contribution in [3.05, 3.63) is 71.1 Å². The van der Waals surface area contributed by atoms with Gasteiger partial charge in [0, 0.05) is 11.8 Å². The van der Waals surface area contributed by atoms with E-state index in [0.29, 0.717) is 28.4 Å². The van der Waals surface area contributed by atoms with Gasteiger partial charge in [0.05, 0.1) is 23.1 Å². The molecule has 1 aliphatic carbocycles. The normalized spacial score (nSPS) is 18.4. The fourth-order valence-electron chi connectivity index (χ4n) is 4.06. The average molecular weight is 441 g/mol. The number of aryl methyl sites for hydroxylation is 1. The summed E-state index contributed by atoms with van der Waals surface area (Å²) in [6.07, 6.45) is 2.92. The Kier molecular flexibility index (Phi) is 6.23. The number of hydrogen-bond acceptors (Lipinski definition) is 4. The Morgan fingerprint density at radius 2 is 1.84 bits per heavy atom. The number of anilines is 1. The Bertz CT molecular complexity index is 1130. The monoisotopic (exact) mass is 441 g/mol. The summed E-state index contributed by atoms with van der Waals surface area (Å²) in [5.74, 6) is -1.21. The van der Waals surface area contributed by atoms with Crippen molar-refractivity contribution in [3.8, 4) is 11.4 Å². The fourth-order valence-corrected chi connectivity index (χ4v) is 4.06. The van der Waals surface area contributed by atoms with Crippen LogP contribution in [0.2, 0.25) is 0 Å². The predicted octanol–water partition coefficient (Wildman–Crippen LogP) is 4.70. The van der Waals surface area contributed by atoms with E-state index in [4.69, 9.17) is 4.74 Å². The van der Waals surface area contributed by atoms with Gasteiger partial charge in [0.15, 0.2) is 5.82 Å². The molecule has 8 heteroatoms. The number of nitrogens with zero attached hydrogens (tertiary/aromatic N) is 2. The molecule has 2 unspecified atom stereocenters. The highest BCUT2D eigenvalue weighted by atomic mass is 19.1. The number of amides is 1. The topological polar surface area (TPSA) is 76.4 Å². The molecule has 3 aromatic rings. The minimum absolute atomic E-state index is 0.0671. The van der Waals surface area contributed by atoms with Crippen LogP contribution in [0.5, 0.6) is 5.75 Å². The molecular formula is C24H25F2N3O3. The number of aromatic nitrogens is 2. The molecule has 1 saturated carbocycles. The molecule has 0 bridgehead atoms. The second kappa shape index (κ2) is 9.08. The van der Waals surface area contributed by atoms with Crippen LogP contribution in [0.25, 0.3) is 5.69 Å². The minimum Gasteiger partial charge on any atom is -0.488 e. The zero-order valence-corrected chi connectivity index (χ0v) is 17.9. The van der Waals surface area contributed by atoms with Gasteiger partial charge in [-0.1, -0.05) is 6.42 Å². The van der Waals surface area contributed by atoms with Gasteiger partial charge in [-0.2, -0.15) is 5.10 Å². The number of aliphatic hydroxyl groups excluding tert-OH is 1. The third-order valence-electron chi connectivity index (χ3n) is 5.72. The summed E-state index contributed by atoms with van der Waals surface area (Å²) in [6, 6.07) is 10.1. The molecule has 168 valence electrons. The Labute approximate surface area is 184 Å². The molecule has 1 aliphatic rings. The zero-order chi connectivity index (χ0) is 22.8. The van der Waals surface area contributed by atoms with Crippen molar-refractivity contribution in [2.75, 3.05) is 5.32 Å². The van der Waals surface area contributed by atoms with E-state index < -0.39 is 17.7 Å². The molecule has 0 aliphatic heterocycles. The van der Waals surface area contributed by atoms with Gasteiger partial charge >= 0.3 is 0 Å². The van der Waals surface area contributed by atoms with Gasteiger partial charge in [-0.3, -0.25) is 4.79 Å². The molecule has 1 aromatic heterocycles. The van der Waals surface area contributed by atoms with Crippen molar-refractivity contribution >= 4 is 11.6 Å². The second-order valence-corrected chi connectivity index (χ2v) is 8.04. The van der Waals surface area contributed by atoms with Gasteiger partial charge in [0.25, 0.3) is 5.91 Å². The van der Waals surface area contributed by atoms with Crippen molar-refractivity contribution in [3.63, 3.8) is 0 Å². The van der Waals surface area contributed by atoms with Gasteiger partial charge < -0.3 is 15.2 Å². The molecule has 2 atom stereocenters. The lowest BCUT2D eigenvalue weighted by atomic mass is 9.95. The van der Waals surface area contributed by atoms with E-state index in [-0.39, 0.29) is 17.7 Å². The summed E-state index contributed by atoms with van der Waals surface area (Å²) in [6.45, 7) is 3.32. The van der Waals surface area contributed by atoms with Gasteiger partial charge in [-0.25, -0.2) is 13.5 Å². The van der Waals surface area contributed by atoms with Gasteiger partial charge in [0.1, 0.15) is 23.4 Å². The third kappa shape index (κ3) is 4.50. The summed E-state index contributed by atoms with van der Waals surface area (Å²) in [5.41, 5.74) is 1.81. The zero-order valence-electron chi connectivity index (χ0n) is 17.9. The van der Waals surface area contributed by atoms with Crippen LogP contribution in [0.1, 0.15) is 47.4 Å². The fraction of sp³-hybridized carbons (Fsp3) is 0.333. The summed E-state index contributed by atoms with van der Waals surface area (Å²) in [5, 5.41) is 17.2. The first-order valence-corrected chi connectivity index (χ1v) is 10.6. The molecule has 0 spiro atoms. The van der Waals surface area contributed by atoms with Gasteiger partial charge in [-0.05, 0) is 69.5 Å². The van der Waals surface area contributed by atoms with E-state index in [1.165, 1.54) is 10.7 Å². The Balaban J connectivity index is 1.49. The highest BCUT2D eigenvalue weighted by Crippen LogP contribution is 2.26. The summed E-state index contributed by atoms with van der Waals surface area (Å²) in [4.78, 5) is 12.9. The third-order valence-corrected chi connectivity index (χ3v) is 5.72. The lowest BCUT2D eigenvalue weighted by Crippen LogP contribution is -2.34. The summed E-state index contributed by atoms with van der Waals surface area (Å²) >= 11 is 0. The molecule has 2 aromatic carbocycles. The first-order valence-electron chi connectivity index (χ1n) is 10.6. The standard InChI is InChI=1S/C24H25F2N3O3/c1-14-23(15(2)29(28-14)20-12-7-16(25)13-19(20)26)24(31)27-17-8-10-18(11-9-17)32-22-6-4-3-5-21(22)30/h7-13,21-22,30H,3-6H2,1-2H3,(H,27,31). The minimum atomic E-state index is -0.763. The lowest BCUT2D eigenvalue weighted by Gasteiger charge is -2.28. The van der Waals surface area contributed by atoms with Crippen LogP contribution < -0.4 is 10.1 Å². The molecule has 32 heavy (non-hydrogen) atoms. The maximum atomic E-state index is 14.2. The molecule has 2 N–H and O–H groups in total.